The van der Waals surface area contributed by atoms with Crippen molar-refractivity contribution in [1.82, 2.24) is 10.2 Å². The molecule has 1 N–H and O–H groups in total. The highest BCUT2D eigenvalue weighted by Gasteiger charge is 2.27. The summed E-state index contributed by atoms with van der Waals surface area (Å²) in [7, 11) is 0. The van der Waals surface area contributed by atoms with Gasteiger partial charge in [0, 0.05) is 39.3 Å². The van der Waals surface area contributed by atoms with Crippen LogP contribution in [0, 0.1) is 5.92 Å². The second kappa shape index (κ2) is 10.2. The van der Waals surface area contributed by atoms with Gasteiger partial charge >= 0.3 is 0 Å². The Morgan fingerprint density at radius 1 is 1.17 bits per heavy atom. The summed E-state index contributed by atoms with van der Waals surface area (Å²) in [5.74, 6) is 0.906. The average Bonchev–Trinajstić information content (AvgIpc) is 2.61. The van der Waals surface area contributed by atoms with Crippen LogP contribution in [-0.2, 0) is 11.2 Å². The molecule has 0 bridgehead atoms. The quantitative estimate of drug-likeness (QED) is 0.909. The number of ether oxygens (including phenoxy) is 1. The van der Waals surface area contributed by atoms with Crippen LogP contribution in [0.1, 0.15) is 45.6 Å². The van der Waals surface area contributed by atoms with Crippen LogP contribution < -0.4 is 5.32 Å². The summed E-state index contributed by atoms with van der Waals surface area (Å²) in [4.78, 5) is 2.53. The third kappa shape index (κ3) is 7.33. The minimum Gasteiger partial charge on any atom is -0.376 e. The molecule has 0 aromatic heterocycles. The van der Waals surface area contributed by atoms with Gasteiger partial charge in [-0.25, -0.2) is 0 Å². The molecule has 0 spiro atoms. The first-order valence-electron chi connectivity index (χ1n) is 9.70. The lowest BCUT2D eigenvalue weighted by molar-refractivity contribution is -0.0727. The zero-order valence-corrected chi connectivity index (χ0v) is 15.9. The molecular weight excluding hydrogens is 296 g/mol. The molecule has 1 aromatic carbocycles. The molecule has 2 saturated heterocycles. The highest BCUT2D eigenvalue weighted by atomic mass is 16.5. The van der Waals surface area contributed by atoms with Crippen molar-refractivity contribution in [2.75, 3.05) is 39.3 Å². The predicted octanol–water partition coefficient (Wildman–Crippen LogP) is 3.74. The van der Waals surface area contributed by atoms with Crippen molar-refractivity contribution in [1.29, 1.82) is 0 Å². The highest BCUT2D eigenvalue weighted by Crippen LogP contribution is 2.29. The number of nitrogens with one attached hydrogen (secondary N) is 1. The van der Waals surface area contributed by atoms with E-state index in [-0.39, 0.29) is 5.60 Å². The van der Waals surface area contributed by atoms with Crippen LogP contribution in [0.25, 0.3) is 0 Å². The zero-order valence-electron chi connectivity index (χ0n) is 15.9. The van der Waals surface area contributed by atoms with E-state index in [2.05, 4.69) is 61.3 Å². The van der Waals surface area contributed by atoms with E-state index in [1.807, 2.05) is 0 Å². The van der Waals surface area contributed by atoms with Crippen LogP contribution in [0.2, 0.25) is 0 Å². The van der Waals surface area contributed by atoms with Crippen molar-refractivity contribution in [2.24, 2.45) is 5.92 Å². The Hall–Kier alpha value is -0.900. The SMILES string of the molecule is CCC1CCOC(C)(C)C1.c1ccc(CCN2CCNCC2)cc1. The maximum Gasteiger partial charge on any atom is 0.0629 e. The second-order valence-corrected chi connectivity index (χ2v) is 7.70. The third-order valence-electron chi connectivity index (χ3n) is 5.15. The lowest BCUT2D eigenvalue weighted by Gasteiger charge is -2.35. The van der Waals surface area contributed by atoms with Gasteiger partial charge in [0.05, 0.1) is 5.60 Å². The standard InChI is InChI=1S/C12H18N2.C9H18O/c1-2-4-12(5-3-1)6-9-14-10-7-13-8-11-14;1-4-8-5-6-10-9(2,3)7-8/h1-5,13H,6-11H2;8H,4-7H2,1-3H3. The third-order valence-corrected chi connectivity index (χ3v) is 5.15. The highest BCUT2D eigenvalue weighted by molar-refractivity contribution is 5.14. The molecule has 0 saturated carbocycles. The Labute approximate surface area is 148 Å². The number of hydrogen-bond donors (Lipinski definition) is 1. The molecule has 0 amide bonds. The maximum atomic E-state index is 5.60. The van der Waals surface area contributed by atoms with Crippen molar-refractivity contribution in [3.05, 3.63) is 35.9 Å². The van der Waals surface area contributed by atoms with Crippen LogP contribution in [0.5, 0.6) is 0 Å². The minimum atomic E-state index is 0.152. The zero-order chi connectivity index (χ0) is 17.3. The van der Waals surface area contributed by atoms with Gasteiger partial charge in [-0.05, 0) is 44.6 Å². The summed E-state index contributed by atoms with van der Waals surface area (Å²) >= 11 is 0. The fraction of sp³-hybridized carbons (Fsp3) is 0.714. The van der Waals surface area contributed by atoms with E-state index >= 15 is 0 Å². The molecule has 2 fully saturated rings. The van der Waals surface area contributed by atoms with Crippen LogP contribution in [-0.4, -0.2) is 49.8 Å². The van der Waals surface area contributed by atoms with Crippen molar-refractivity contribution in [3.63, 3.8) is 0 Å². The molecule has 2 heterocycles. The van der Waals surface area contributed by atoms with Gasteiger partial charge in [-0.2, -0.15) is 0 Å². The van der Waals surface area contributed by atoms with Gasteiger partial charge in [-0.1, -0.05) is 43.7 Å². The fourth-order valence-electron chi connectivity index (χ4n) is 3.57. The van der Waals surface area contributed by atoms with E-state index in [4.69, 9.17) is 4.74 Å². The van der Waals surface area contributed by atoms with E-state index < -0.39 is 0 Å². The van der Waals surface area contributed by atoms with E-state index in [9.17, 15) is 0 Å². The summed E-state index contributed by atoms with van der Waals surface area (Å²) in [6.07, 6.45) is 5.00. The molecule has 3 rings (SSSR count). The van der Waals surface area contributed by atoms with Crippen molar-refractivity contribution in [3.8, 4) is 0 Å². The van der Waals surface area contributed by atoms with Gasteiger partial charge in [-0.15, -0.1) is 0 Å². The van der Waals surface area contributed by atoms with Crippen molar-refractivity contribution in [2.45, 2.75) is 52.1 Å². The van der Waals surface area contributed by atoms with E-state index in [1.165, 1.54) is 50.9 Å². The molecule has 136 valence electrons. The molecule has 3 nitrogen and oxygen atoms in total. The van der Waals surface area contributed by atoms with Gasteiger partial charge in [-0.3, -0.25) is 0 Å². The lowest BCUT2D eigenvalue weighted by Crippen LogP contribution is -2.44. The molecule has 0 aliphatic carbocycles. The van der Waals surface area contributed by atoms with E-state index in [1.54, 1.807) is 0 Å². The molecule has 0 radical (unpaired) electrons. The second-order valence-electron chi connectivity index (χ2n) is 7.70. The lowest BCUT2D eigenvalue weighted by atomic mass is 9.87. The van der Waals surface area contributed by atoms with Crippen LogP contribution in [0.15, 0.2) is 30.3 Å². The molecule has 1 atom stereocenters. The van der Waals surface area contributed by atoms with Crippen LogP contribution >= 0.6 is 0 Å². The Morgan fingerprint density at radius 3 is 2.46 bits per heavy atom. The van der Waals surface area contributed by atoms with Crippen LogP contribution in [0.4, 0.5) is 0 Å². The molecule has 24 heavy (non-hydrogen) atoms. The van der Waals surface area contributed by atoms with Crippen molar-refractivity contribution >= 4 is 0 Å². The molecule has 3 heteroatoms. The van der Waals surface area contributed by atoms with Gasteiger partial charge in [0.1, 0.15) is 0 Å². The molecule has 1 unspecified atom stereocenters. The summed E-state index contributed by atoms with van der Waals surface area (Å²) in [6, 6.07) is 10.7. The van der Waals surface area contributed by atoms with E-state index in [0.29, 0.717) is 0 Å². The summed E-state index contributed by atoms with van der Waals surface area (Å²) in [6.45, 7) is 13.5. The number of hydrogen-bond acceptors (Lipinski definition) is 3. The minimum absolute atomic E-state index is 0.152. The fourth-order valence-corrected chi connectivity index (χ4v) is 3.57. The first-order chi connectivity index (χ1) is 11.6. The smallest absolute Gasteiger partial charge is 0.0629 e. The Kier molecular flexibility index (Phi) is 8.23. The van der Waals surface area contributed by atoms with E-state index in [0.717, 1.165) is 25.6 Å². The maximum absolute atomic E-state index is 5.60. The Morgan fingerprint density at radius 2 is 1.88 bits per heavy atom. The normalized spacial score (nSPS) is 24.0. The largest absolute Gasteiger partial charge is 0.376 e. The first kappa shape index (κ1) is 19.4. The average molecular weight is 333 g/mol. The monoisotopic (exact) mass is 332 g/mol. The number of piperazine rings is 1. The number of nitrogens with zero attached hydrogens (tertiary/aromatic N) is 1. The van der Waals surface area contributed by atoms with Gasteiger partial charge < -0.3 is 15.0 Å². The summed E-state index contributed by atoms with van der Waals surface area (Å²) in [5.41, 5.74) is 1.60. The Balaban J connectivity index is 0.000000185. The summed E-state index contributed by atoms with van der Waals surface area (Å²) < 4.78 is 5.60. The van der Waals surface area contributed by atoms with Gasteiger partial charge in [0.25, 0.3) is 0 Å². The molecule has 2 aliphatic rings. The van der Waals surface area contributed by atoms with Gasteiger partial charge in [0.2, 0.25) is 0 Å². The van der Waals surface area contributed by atoms with Crippen molar-refractivity contribution < 1.29 is 4.74 Å². The Bertz CT molecular complexity index is 440. The van der Waals surface area contributed by atoms with Gasteiger partial charge in [0.15, 0.2) is 0 Å². The molecule has 1 aromatic rings. The number of benzene rings is 1. The topological polar surface area (TPSA) is 24.5 Å². The molecular formula is C21H36N2O. The molecule has 2 aliphatic heterocycles. The number of rotatable bonds is 4. The predicted molar refractivity (Wildman–Crippen MR) is 103 cm³/mol. The first-order valence-corrected chi connectivity index (χ1v) is 9.70. The van der Waals surface area contributed by atoms with Crippen LogP contribution in [0.3, 0.4) is 0 Å². The summed E-state index contributed by atoms with van der Waals surface area (Å²) in [5, 5.41) is 3.37.